The molecule has 0 saturated carbocycles. The van der Waals surface area contributed by atoms with E-state index in [-0.39, 0.29) is 16.9 Å². The van der Waals surface area contributed by atoms with Crippen molar-refractivity contribution in [3.63, 3.8) is 0 Å². The van der Waals surface area contributed by atoms with E-state index in [0.717, 1.165) is 13.1 Å². The maximum Gasteiger partial charge on any atom is 0.295 e. The summed E-state index contributed by atoms with van der Waals surface area (Å²) < 4.78 is 19.7. The molecule has 1 atom stereocenters. The number of aliphatic hydroxyl groups excluding tert-OH is 1. The molecular weight excluding hydrogens is 423 g/mol. The SMILES string of the molecule is CCOc1ccc(C2/C(=C(\O)c3ccc(C)c(F)c3)C(=O)C(=O)N2CCN(CC)CC)cc1. The summed E-state index contributed by atoms with van der Waals surface area (Å²) in [6.45, 7) is 10.6. The highest BCUT2D eigenvalue weighted by Gasteiger charge is 2.46. The van der Waals surface area contributed by atoms with Crippen LogP contribution in [-0.4, -0.2) is 59.4 Å². The van der Waals surface area contributed by atoms with Gasteiger partial charge in [0.05, 0.1) is 18.2 Å². The van der Waals surface area contributed by atoms with Gasteiger partial charge >= 0.3 is 0 Å². The number of ether oxygens (including phenoxy) is 1. The molecule has 0 bridgehead atoms. The van der Waals surface area contributed by atoms with Gasteiger partial charge in [-0.05, 0) is 56.3 Å². The first-order chi connectivity index (χ1) is 15.8. The molecule has 0 aromatic heterocycles. The van der Waals surface area contributed by atoms with Gasteiger partial charge in [0.25, 0.3) is 11.7 Å². The van der Waals surface area contributed by atoms with Crippen LogP contribution in [0.4, 0.5) is 4.39 Å². The molecule has 1 heterocycles. The molecule has 176 valence electrons. The topological polar surface area (TPSA) is 70.1 Å². The van der Waals surface area contributed by atoms with E-state index in [4.69, 9.17) is 4.74 Å². The second-order valence-electron chi connectivity index (χ2n) is 7.99. The molecule has 1 fully saturated rings. The number of amides is 1. The average molecular weight is 455 g/mol. The lowest BCUT2D eigenvalue weighted by Crippen LogP contribution is -2.38. The van der Waals surface area contributed by atoms with Crippen molar-refractivity contribution in [2.24, 2.45) is 0 Å². The fourth-order valence-corrected chi connectivity index (χ4v) is 4.05. The number of aliphatic hydroxyl groups is 1. The predicted octanol–water partition coefficient (Wildman–Crippen LogP) is 4.30. The Hall–Kier alpha value is -3.19. The smallest absolute Gasteiger partial charge is 0.295 e. The lowest BCUT2D eigenvalue weighted by Gasteiger charge is -2.28. The van der Waals surface area contributed by atoms with E-state index >= 15 is 0 Å². The first-order valence-corrected chi connectivity index (χ1v) is 11.3. The minimum absolute atomic E-state index is 0.0352. The standard InChI is InChI=1S/C26H31FN2O4/c1-5-28(6-2)14-15-29-23(18-10-12-20(13-11-18)33-7-3)22(25(31)26(29)32)24(30)19-9-8-17(4)21(27)16-19/h8-13,16,23,30H,5-7,14-15H2,1-4H3/b24-22+. The van der Waals surface area contributed by atoms with Gasteiger partial charge < -0.3 is 19.6 Å². The molecule has 1 amide bonds. The second kappa shape index (κ2) is 10.6. The summed E-state index contributed by atoms with van der Waals surface area (Å²) in [4.78, 5) is 29.8. The van der Waals surface area contributed by atoms with Gasteiger partial charge in [-0.3, -0.25) is 9.59 Å². The summed E-state index contributed by atoms with van der Waals surface area (Å²) in [6.07, 6.45) is 0. The number of likely N-dealkylation sites (tertiary alicyclic amines) is 1. The highest BCUT2D eigenvalue weighted by Crippen LogP contribution is 2.39. The first kappa shape index (κ1) is 24.5. The number of likely N-dealkylation sites (N-methyl/N-ethyl adjacent to an activating group) is 1. The number of ketones is 1. The van der Waals surface area contributed by atoms with Crippen LogP contribution < -0.4 is 4.74 Å². The summed E-state index contributed by atoms with van der Waals surface area (Å²) in [5.74, 6) is -1.65. The molecule has 1 N–H and O–H groups in total. The molecule has 2 aromatic carbocycles. The van der Waals surface area contributed by atoms with E-state index in [0.29, 0.717) is 36.6 Å². The van der Waals surface area contributed by atoms with Crippen LogP contribution in [0.1, 0.15) is 43.5 Å². The summed E-state index contributed by atoms with van der Waals surface area (Å²) in [5, 5.41) is 11.1. The molecule has 2 aromatic rings. The van der Waals surface area contributed by atoms with E-state index in [1.54, 1.807) is 37.3 Å². The third-order valence-corrected chi connectivity index (χ3v) is 6.04. The Balaban J connectivity index is 2.09. The zero-order valence-corrected chi connectivity index (χ0v) is 19.6. The molecule has 3 rings (SSSR count). The van der Waals surface area contributed by atoms with Crippen molar-refractivity contribution in [3.05, 3.63) is 70.5 Å². The number of aryl methyl sites for hydroxylation is 1. The largest absolute Gasteiger partial charge is 0.507 e. The summed E-state index contributed by atoms with van der Waals surface area (Å²) in [7, 11) is 0. The number of hydrogen-bond acceptors (Lipinski definition) is 5. The molecule has 1 saturated heterocycles. The van der Waals surface area contributed by atoms with E-state index < -0.39 is 23.5 Å². The van der Waals surface area contributed by atoms with Crippen molar-refractivity contribution in [1.82, 2.24) is 9.80 Å². The van der Waals surface area contributed by atoms with Crippen LogP contribution in [0.2, 0.25) is 0 Å². The van der Waals surface area contributed by atoms with E-state index in [1.165, 1.54) is 17.0 Å². The van der Waals surface area contributed by atoms with Gasteiger partial charge in [-0.1, -0.05) is 38.1 Å². The van der Waals surface area contributed by atoms with Crippen molar-refractivity contribution < 1.29 is 23.8 Å². The van der Waals surface area contributed by atoms with Crippen molar-refractivity contribution in [2.45, 2.75) is 33.7 Å². The van der Waals surface area contributed by atoms with E-state index in [1.807, 2.05) is 20.8 Å². The third-order valence-electron chi connectivity index (χ3n) is 6.04. The van der Waals surface area contributed by atoms with Gasteiger partial charge in [-0.25, -0.2) is 4.39 Å². The molecule has 1 unspecified atom stereocenters. The Labute approximate surface area is 194 Å². The minimum Gasteiger partial charge on any atom is -0.507 e. The van der Waals surface area contributed by atoms with Crippen molar-refractivity contribution >= 4 is 17.4 Å². The molecule has 0 aliphatic carbocycles. The number of carbonyl (C=O) groups is 2. The quantitative estimate of drug-likeness (QED) is 0.348. The van der Waals surface area contributed by atoms with E-state index in [2.05, 4.69) is 4.90 Å². The fourth-order valence-electron chi connectivity index (χ4n) is 4.05. The number of Topliss-reactive ketones (excluding diaryl/α,β-unsaturated/α-hetero) is 1. The van der Waals surface area contributed by atoms with Crippen LogP contribution >= 0.6 is 0 Å². The van der Waals surface area contributed by atoms with Crippen molar-refractivity contribution in [2.75, 3.05) is 32.8 Å². The normalized spacial score (nSPS) is 17.8. The van der Waals surface area contributed by atoms with E-state index in [9.17, 15) is 19.1 Å². The van der Waals surface area contributed by atoms with Crippen LogP contribution in [0.15, 0.2) is 48.0 Å². The summed E-state index contributed by atoms with van der Waals surface area (Å²) in [5.41, 5.74) is 1.23. The highest BCUT2D eigenvalue weighted by molar-refractivity contribution is 6.46. The minimum atomic E-state index is -0.777. The van der Waals surface area contributed by atoms with Crippen LogP contribution in [0, 0.1) is 12.7 Å². The molecule has 6 nitrogen and oxygen atoms in total. The Morgan fingerprint density at radius 2 is 1.76 bits per heavy atom. The van der Waals surface area contributed by atoms with Crippen LogP contribution in [0.25, 0.3) is 5.76 Å². The molecule has 33 heavy (non-hydrogen) atoms. The second-order valence-corrected chi connectivity index (χ2v) is 7.99. The number of nitrogens with zero attached hydrogens (tertiary/aromatic N) is 2. The molecule has 1 aliphatic rings. The van der Waals surface area contributed by atoms with Crippen LogP contribution in [0.3, 0.4) is 0 Å². The average Bonchev–Trinajstić information content (AvgIpc) is 3.06. The Morgan fingerprint density at radius 3 is 2.33 bits per heavy atom. The molecule has 1 aliphatic heterocycles. The zero-order chi connectivity index (χ0) is 24.1. The zero-order valence-electron chi connectivity index (χ0n) is 19.6. The van der Waals surface area contributed by atoms with Gasteiger partial charge in [-0.2, -0.15) is 0 Å². The Morgan fingerprint density at radius 1 is 1.09 bits per heavy atom. The first-order valence-electron chi connectivity index (χ1n) is 11.3. The van der Waals surface area contributed by atoms with Gasteiger partial charge in [0, 0.05) is 18.7 Å². The number of benzene rings is 2. The molecular formula is C26H31FN2O4. The molecule has 7 heteroatoms. The Bertz CT molecular complexity index is 1040. The lowest BCUT2D eigenvalue weighted by molar-refractivity contribution is -0.140. The molecule has 0 radical (unpaired) electrons. The van der Waals surface area contributed by atoms with Gasteiger partial charge in [0.1, 0.15) is 17.3 Å². The Kier molecular flexibility index (Phi) is 7.87. The monoisotopic (exact) mass is 454 g/mol. The van der Waals surface area contributed by atoms with Crippen LogP contribution in [0.5, 0.6) is 5.75 Å². The predicted molar refractivity (Wildman–Crippen MR) is 126 cm³/mol. The highest BCUT2D eigenvalue weighted by atomic mass is 19.1. The third kappa shape index (κ3) is 5.09. The molecule has 0 spiro atoms. The summed E-state index contributed by atoms with van der Waals surface area (Å²) >= 11 is 0. The summed E-state index contributed by atoms with van der Waals surface area (Å²) in [6, 6.07) is 10.6. The lowest BCUT2D eigenvalue weighted by atomic mass is 9.95. The maximum atomic E-state index is 14.2. The number of halogens is 1. The van der Waals surface area contributed by atoms with Gasteiger partial charge in [-0.15, -0.1) is 0 Å². The number of rotatable bonds is 9. The van der Waals surface area contributed by atoms with Gasteiger partial charge in [0.15, 0.2) is 0 Å². The van der Waals surface area contributed by atoms with Gasteiger partial charge in [0.2, 0.25) is 0 Å². The fraction of sp³-hybridized carbons (Fsp3) is 0.385. The number of carbonyl (C=O) groups excluding carboxylic acids is 2. The maximum absolute atomic E-state index is 14.2. The van der Waals surface area contributed by atoms with Crippen molar-refractivity contribution in [3.8, 4) is 5.75 Å². The van der Waals surface area contributed by atoms with Crippen molar-refractivity contribution in [1.29, 1.82) is 0 Å². The van der Waals surface area contributed by atoms with Crippen LogP contribution in [-0.2, 0) is 9.59 Å². The number of hydrogen-bond donors (Lipinski definition) is 1.